The van der Waals surface area contributed by atoms with Crippen molar-refractivity contribution in [3.05, 3.63) is 0 Å². The van der Waals surface area contributed by atoms with E-state index in [2.05, 4.69) is 29.0 Å². The Kier molecular flexibility index (Phi) is 6.62. The molecule has 1 aliphatic heterocycles. The second-order valence-electron chi connectivity index (χ2n) is 6.77. The largest absolute Gasteiger partial charge is 0.316 e. The zero-order chi connectivity index (χ0) is 13.5. The van der Waals surface area contributed by atoms with Crippen molar-refractivity contribution in [2.75, 3.05) is 45.8 Å². The highest BCUT2D eigenvalue weighted by Gasteiger charge is 2.30. The first kappa shape index (κ1) is 15.3. The molecule has 1 heterocycles. The maximum absolute atomic E-state index is 3.53. The standard InChI is InChI=1S/C16H33N3/c1-15(2)14-17-8-4-3-5-9-18-10-12-19(13-11-18)16-6-7-16/h15-17H,3-14H2,1-2H3. The van der Waals surface area contributed by atoms with Crippen LogP contribution < -0.4 is 5.32 Å². The molecular formula is C16H33N3. The SMILES string of the molecule is CC(C)CNCCCCCN1CCN(C2CC2)CC1. The van der Waals surface area contributed by atoms with Gasteiger partial charge in [0, 0.05) is 32.2 Å². The van der Waals surface area contributed by atoms with E-state index in [4.69, 9.17) is 0 Å². The normalized spacial score (nSPS) is 22.3. The molecule has 0 aromatic heterocycles. The van der Waals surface area contributed by atoms with Crippen molar-refractivity contribution in [1.29, 1.82) is 0 Å². The third kappa shape index (κ3) is 6.24. The van der Waals surface area contributed by atoms with Crippen molar-refractivity contribution in [2.45, 2.75) is 52.0 Å². The molecule has 0 spiro atoms. The smallest absolute Gasteiger partial charge is 0.0113 e. The van der Waals surface area contributed by atoms with Crippen LogP contribution in [0, 0.1) is 5.92 Å². The first-order valence-electron chi connectivity index (χ1n) is 8.43. The van der Waals surface area contributed by atoms with Crippen LogP contribution in [-0.4, -0.2) is 61.7 Å². The van der Waals surface area contributed by atoms with Crippen LogP contribution in [0.15, 0.2) is 0 Å². The molecule has 0 aromatic rings. The quantitative estimate of drug-likeness (QED) is 0.646. The van der Waals surface area contributed by atoms with Gasteiger partial charge in [-0.1, -0.05) is 20.3 Å². The number of piperazine rings is 1. The number of nitrogens with zero attached hydrogens (tertiary/aromatic N) is 2. The summed E-state index contributed by atoms with van der Waals surface area (Å²) in [5.41, 5.74) is 0. The predicted molar refractivity (Wildman–Crippen MR) is 82.6 cm³/mol. The molecule has 0 unspecified atom stereocenters. The molecule has 1 aliphatic carbocycles. The first-order valence-corrected chi connectivity index (χ1v) is 8.43. The van der Waals surface area contributed by atoms with Gasteiger partial charge in [0.2, 0.25) is 0 Å². The fraction of sp³-hybridized carbons (Fsp3) is 1.00. The minimum Gasteiger partial charge on any atom is -0.316 e. The van der Waals surface area contributed by atoms with Gasteiger partial charge in [0.05, 0.1) is 0 Å². The van der Waals surface area contributed by atoms with Gasteiger partial charge in [-0.15, -0.1) is 0 Å². The average Bonchev–Trinajstić information content (AvgIpc) is 3.22. The number of rotatable bonds is 9. The molecule has 0 radical (unpaired) electrons. The zero-order valence-electron chi connectivity index (χ0n) is 13.0. The second-order valence-corrected chi connectivity index (χ2v) is 6.77. The van der Waals surface area contributed by atoms with E-state index in [0.29, 0.717) is 0 Å². The van der Waals surface area contributed by atoms with Gasteiger partial charge in [-0.05, 0) is 51.2 Å². The molecule has 2 fully saturated rings. The third-order valence-electron chi connectivity index (χ3n) is 4.35. The molecule has 3 heteroatoms. The van der Waals surface area contributed by atoms with Crippen molar-refractivity contribution in [2.24, 2.45) is 5.92 Å². The summed E-state index contributed by atoms with van der Waals surface area (Å²) in [4.78, 5) is 5.37. The summed E-state index contributed by atoms with van der Waals surface area (Å²) in [5, 5.41) is 3.53. The van der Waals surface area contributed by atoms with Crippen LogP contribution in [-0.2, 0) is 0 Å². The molecule has 1 saturated heterocycles. The van der Waals surface area contributed by atoms with Gasteiger partial charge < -0.3 is 10.2 Å². The lowest BCUT2D eigenvalue weighted by atomic mass is 10.2. The number of hydrogen-bond donors (Lipinski definition) is 1. The van der Waals surface area contributed by atoms with Crippen molar-refractivity contribution in [3.8, 4) is 0 Å². The van der Waals surface area contributed by atoms with E-state index in [1.54, 1.807) is 0 Å². The molecular weight excluding hydrogens is 234 g/mol. The highest BCUT2D eigenvalue weighted by atomic mass is 15.3. The lowest BCUT2D eigenvalue weighted by molar-refractivity contribution is 0.125. The van der Waals surface area contributed by atoms with Gasteiger partial charge in [-0.3, -0.25) is 4.90 Å². The van der Waals surface area contributed by atoms with Crippen LogP contribution in [0.2, 0.25) is 0 Å². The van der Waals surface area contributed by atoms with Crippen LogP contribution in [0.4, 0.5) is 0 Å². The second kappa shape index (κ2) is 8.23. The Morgan fingerprint density at radius 1 is 1.00 bits per heavy atom. The Morgan fingerprint density at radius 3 is 2.37 bits per heavy atom. The highest BCUT2D eigenvalue weighted by Crippen LogP contribution is 2.27. The minimum atomic E-state index is 0.780. The van der Waals surface area contributed by atoms with E-state index in [0.717, 1.165) is 12.0 Å². The van der Waals surface area contributed by atoms with Crippen molar-refractivity contribution < 1.29 is 0 Å². The van der Waals surface area contributed by atoms with Gasteiger partial charge in [-0.25, -0.2) is 0 Å². The fourth-order valence-corrected chi connectivity index (χ4v) is 2.94. The molecule has 19 heavy (non-hydrogen) atoms. The van der Waals surface area contributed by atoms with E-state index in [9.17, 15) is 0 Å². The topological polar surface area (TPSA) is 18.5 Å². The van der Waals surface area contributed by atoms with Gasteiger partial charge in [0.25, 0.3) is 0 Å². The Morgan fingerprint density at radius 2 is 1.74 bits per heavy atom. The number of unbranched alkanes of at least 4 members (excludes halogenated alkanes) is 2. The van der Waals surface area contributed by atoms with Crippen LogP contribution >= 0.6 is 0 Å². The summed E-state index contributed by atoms with van der Waals surface area (Å²) in [6, 6.07) is 0.967. The van der Waals surface area contributed by atoms with Crippen LogP contribution in [0.25, 0.3) is 0 Å². The van der Waals surface area contributed by atoms with E-state index in [-0.39, 0.29) is 0 Å². The summed E-state index contributed by atoms with van der Waals surface area (Å²) in [6.45, 7) is 13.5. The fourth-order valence-electron chi connectivity index (χ4n) is 2.94. The predicted octanol–water partition coefficient (Wildman–Crippen LogP) is 2.18. The van der Waals surface area contributed by atoms with E-state index in [1.165, 1.54) is 77.9 Å². The van der Waals surface area contributed by atoms with Crippen LogP contribution in [0.5, 0.6) is 0 Å². The van der Waals surface area contributed by atoms with Gasteiger partial charge in [-0.2, -0.15) is 0 Å². The Labute approximate surface area is 119 Å². The van der Waals surface area contributed by atoms with Gasteiger partial charge in [0.1, 0.15) is 0 Å². The molecule has 0 amide bonds. The first-order chi connectivity index (χ1) is 9.25. The minimum absolute atomic E-state index is 0.780. The van der Waals surface area contributed by atoms with Crippen LogP contribution in [0.3, 0.4) is 0 Å². The lowest BCUT2D eigenvalue weighted by Gasteiger charge is -2.34. The van der Waals surface area contributed by atoms with E-state index >= 15 is 0 Å². The number of nitrogens with one attached hydrogen (secondary N) is 1. The summed E-state index contributed by atoms with van der Waals surface area (Å²) < 4.78 is 0. The summed E-state index contributed by atoms with van der Waals surface area (Å²) in [5.74, 6) is 0.780. The maximum Gasteiger partial charge on any atom is 0.0113 e. The average molecular weight is 267 g/mol. The molecule has 2 rings (SSSR count). The Bertz CT molecular complexity index is 230. The van der Waals surface area contributed by atoms with Gasteiger partial charge >= 0.3 is 0 Å². The molecule has 0 atom stereocenters. The lowest BCUT2D eigenvalue weighted by Crippen LogP contribution is -2.47. The summed E-state index contributed by atoms with van der Waals surface area (Å²) in [6.07, 6.45) is 7.03. The Balaban J connectivity index is 1.39. The molecule has 0 bridgehead atoms. The highest BCUT2D eigenvalue weighted by molar-refractivity contribution is 4.87. The molecule has 0 aromatic carbocycles. The Hall–Kier alpha value is -0.120. The van der Waals surface area contributed by atoms with Crippen molar-refractivity contribution in [3.63, 3.8) is 0 Å². The van der Waals surface area contributed by atoms with E-state index < -0.39 is 0 Å². The maximum atomic E-state index is 3.53. The molecule has 1 saturated carbocycles. The van der Waals surface area contributed by atoms with Crippen molar-refractivity contribution >= 4 is 0 Å². The van der Waals surface area contributed by atoms with E-state index in [1.807, 2.05) is 0 Å². The monoisotopic (exact) mass is 267 g/mol. The zero-order valence-corrected chi connectivity index (χ0v) is 13.0. The molecule has 3 nitrogen and oxygen atoms in total. The molecule has 2 aliphatic rings. The van der Waals surface area contributed by atoms with Crippen molar-refractivity contribution in [1.82, 2.24) is 15.1 Å². The third-order valence-corrected chi connectivity index (χ3v) is 4.35. The van der Waals surface area contributed by atoms with Crippen LogP contribution in [0.1, 0.15) is 46.0 Å². The van der Waals surface area contributed by atoms with Gasteiger partial charge in [0.15, 0.2) is 0 Å². The summed E-state index contributed by atoms with van der Waals surface area (Å²) >= 11 is 0. The molecule has 1 N–H and O–H groups in total. The number of hydrogen-bond acceptors (Lipinski definition) is 3. The molecule has 112 valence electrons. The summed E-state index contributed by atoms with van der Waals surface area (Å²) in [7, 11) is 0.